The van der Waals surface area contributed by atoms with Crippen LogP contribution >= 0.6 is 0 Å². The highest BCUT2D eigenvalue weighted by Gasteiger charge is 2.49. The minimum absolute atomic E-state index is 0.183. The highest BCUT2D eigenvalue weighted by Crippen LogP contribution is 2.31. The lowest BCUT2D eigenvalue weighted by Gasteiger charge is -2.15. The van der Waals surface area contributed by atoms with E-state index in [1.54, 1.807) is 6.08 Å². The van der Waals surface area contributed by atoms with E-state index in [1.165, 1.54) is 17.7 Å². The van der Waals surface area contributed by atoms with Gasteiger partial charge < -0.3 is 8.75 Å². The van der Waals surface area contributed by atoms with Crippen molar-refractivity contribution in [3.8, 4) is 5.75 Å². The van der Waals surface area contributed by atoms with Crippen molar-refractivity contribution in [3.05, 3.63) is 33.8 Å². The number of aromatic nitrogens is 1. The second-order valence-corrected chi connectivity index (χ2v) is 6.08. The molecule has 0 aliphatic heterocycles. The number of halogens is 3. The number of fused-ring (bicyclic) bond motifs is 1. The van der Waals surface area contributed by atoms with Crippen LogP contribution in [0.25, 0.3) is 6.08 Å². The molecule has 0 atom stereocenters. The topological polar surface area (TPSA) is 65.4 Å². The monoisotopic (exact) mass is 323 g/mol. The maximum atomic E-state index is 12.4. The van der Waals surface area contributed by atoms with Crippen molar-refractivity contribution < 1.29 is 25.8 Å². The van der Waals surface area contributed by atoms with Gasteiger partial charge in [-0.25, -0.2) is 0 Å². The van der Waals surface area contributed by atoms with Gasteiger partial charge in [0.2, 0.25) is 0 Å². The SMILES string of the molecule is Cn1c2c(c(OS(=O)(=O)C(F)(F)F)cc1=O)C=CCCC2. The highest BCUT2D eigenvalue weighted by atomic mass is 32.2. The molecule has 116 valence electrons. The zero-order chi connectivity index (χ0) is 15.8. The van der Waals surface area contributed by atoms with Crippen LogP contribution in [0.1, 0.15) is 24.1 Å². The fourth-order valence-corrected chi connectivity index (χ4v) is 2.52. The van der Waals surface area contributed by atoms with E-state index in [0.717, 1.165) is 6.07 Å². The molecule has 0 fully saturated rings. The van der Waals surface area contributed by atoms with Gasteiger partial charge in [0.1, 0.15) is 0 Å². The van der Waals surface area contributed by atoms with Crippen molar-refractivity contribution >= 4 is 16.2 Å². The summed E-state index contributed by atoms with van der Waals surface area (Å²) in [4.78, 5) is 11.7. The Morgan fingerprint density at radius 1 is 1.33 bits per heavy atom. The minimum Gasteiger partial charge on any atom is -0.375 e. The molecule has 0 bridgehead atoms. The summed E-state index contributed by atoms with van der Waals surface area (Å²) in [6, 6.07) is 0.748. The second kappa shape index (κ2) is 5.21. The lowest BCUT2D eigenvalue weighted by Crippen LogP contribution is -2.30. The predicted molar refractivity (Wildman–Crippen MR) is 69.3 cm³/mol. The lowest BCUT2D eigenvalue weighted by atomic mass is 10.1. The maximum Gasteiger partial charge on any atom is 0.534 e. The van der Waals surface area contributed by atoms with Gasteiger partial charge in [-0.3, -0.25) is 4.79 Å². The quantitative estimate of drug-likeness (QED) is 0.616. The molecule has 5 nitrogen and oxygen atoms in total. The smallest absolute Gasteiger partial charge is 0.375 e. The molecule has 0 unspecified atom stereocenters. The average Bonchev–Trinajstić information content (AvgIpc) is 2.59. The normalized spacial score (nSPS) is 15.4. The molecule has 0 saturated carbocycles. The Hall–Kier alpha value is -1.77. The molecule has 0 amide bonds. The largest absolute Gasteiger partial charge is 0.534 e. The molecule has 0 saturated heterocycles. The zero-order valence-corrected chi connectivity index (χ0v) is 11.8. The number of rotatable bonds is 2. The Bertz CT molecular complexity index is 747. The van der Waals surface area contributed by atoms with Gasteiger partial charge in [-0.05, 0) is 19.3 Å². The van der Waals surface area contributed by atoms with Crippen molar-refractivity contribution in [1.29, 1.82) is 0 Å². The van der Waals surface area contributed by atoms with E-state index < -0.39 is 26.9 Å². The van der Waals surface area contributed by atoms with Crippen molar-refractivity contribution in [2.75, 3.05) is 0 Å². The van der Waals surface area contributed by atoms with Gasteiger partial charge in [-0.1, -0.05) is 12.2 Å². The van der Waals surface area contributed by atoms with Gasteiger partial charge in [0.25, 0.3) is 5.56 Å². The molecule has 1 aliphatic carbocycles. The van der Waals surface area contributed by atoms with E-state index in [2.05, 4.69) is 4.18 Å². The van der Waals surface area contributed by atoms with Crippen LogP contribution in [0.5, 0.6) is 5.75 Å². The van der Waals surface area contributed by atoms with Crippen molar-refractivity contribution in [2.45, 2.75) is 24.8 Å². The first-order valence-corrected chi connectivity index (χ1v) is 7.44. The predicted octanol–water partition coefficient (Wildman–Crippen LogP) is 1.96. The van der Waals surface area contributed by atoms with Crippen LogP contribution in [-0.2, 0) is 23.6 Å². The fraction of sp³-hybridized carbons (Fsp3) is 0.417. The van der Waals surface area contributed by atoms with Crippen molar-refractivity contribution in [2.24, 2.45) is 7.05 Å². The van der Waals surface area contributed by atoms with Gasteiger partial charge in [-0.15, -0.1) is 0 Å². The van der Waals surface area contributed by atoms with Gasteiger partial charge in [0.15, 0.2) is 5.75 Å². The molecule has 0 N–H and O–H groups in total. The van der Waals surface area contributed by atoms with Gasteiger partial charge in [-0.2, -0.15) is 21.6 Å². The zero-order valence-electron chi connectivity index (χ0n) is 11.0. The second-order valence-electron chi connectivity index (χ2n) is 4.54. The first-order valence-electron chi connectivity index (χ1n) is 6.03. The number of allylic oxidation sites excluding steroid dienone is 1. The first kappa shape index (κ1) is 15.6. The summed E-state index contributed by atoms with van der Waals surface area (Å²) in [5.74, 6) is -0.594. The summed E-state index contributed by atoms with van der Waals surface area (Å²) in [7, 11) is -4.33. The summed E-state index contributed by atoms with van der Waals surface area (Å²) >= 11 is 0. The Kier molecular flexibility index (Phi) is 3.87. The van der Waals surface area contributed by atoms with Crippen LogP contribution < -0.4 is 9.74 Å². The number of hydrogen-bond acceptors (Lipinski definition) is 4. The molecule has 0 spiro atoms. The summed E-state index contributed by atoms with van der Waals surface area (Å²) < 4.78 is 64.8. The molecule has 9 heteroatoms. The lowest BCUT2D eigenvalue weighted by molar-refractivity contribution is -0.0500. The van der Waals surface area contributed by atoms with Gasteiger partial charge >= 0.3 is 15.6 Å². The van der Waals surface area contributed by atoms with Crippen molar-refractivity contribution in [3.63, 3.8) is 0 Å². The van der Waals surface area contributed by atoms with Gasteiger partial charge in [0, 0.05) is 24.4 Å². The summed E-state index contributed by atoms with van der Waals surface area (Å²) in [6.45, 7) is 0. The standard InChI is InChI=1S/C12H12F3NO4S/c1-16-9-6-4-2-3-5-8(9)10(7-11(16)17)20-21(18,19)12(13,14)15/h3,5,7H,2,4,6H2,1H3. The third-order valence-corrected chi connectivity index (χ3v) is 4.08. The molecule has 21 heavy (non-hydrogen) atoms. The summed E-state index contributed by atoms with van der Waals surface area (Å²) in [5.41, 5.74) is -5.54. The van der Waals surface area contributed by atoms with Crippen LogP contribution in [0.15, 0.2) is 16.9 Å². The Morgan fingerprint density at radius 2 is 2.00 bits per heavy atom. The van der Waals surface area contributed by atoms with Crippen LogP contribution in [-0.4, -0.2) is 18.5 Å². The molecule has 1 heterocycles. The Morgan fingerprint density at radius 3 is 2.62 bits per heavy atom. The van der Waals surface area contributed by atoms with Crippen LogP contribution in [0, 0.1) is 0 Å². The minimum atomic E-state index is -5.81. The molecular formula is C12H12F3NO4S. The van der Waals surface area contributed by atoms with E-state index in [-0.39, 0.29) is 5.56 Å². The van der Waals surface area contributed by atoms with E-state index >= 15 is 0 Å². The number of alkyl halides is 3. The van der Waals surface area contributed by atoms with Gasteiger partial charge in [0.05, 0.1) is 0 Å². The highest BCUT2D eigenvalue weighted by molar-refractivity contribution is 7.88. The average molecular weight is 323 g/mol. The maximum absolute atomic E-state index is 12.4. The van der Waals surface area contributed by atoms with E-state index in [0.29, 0.717) is 25.0 Å². The molecule has 0 radical (unpaired) electrons. The first-order chi connectivity index (χ1) is 9.63. The Labute approximate surface area is 118 Å². The fourth-order valence-electron chi connectivity index (χ4n) is 2.05. The molecule has 1 aromatic rings. The number of hydrogen-bond donors (Lipinski definition) is 0. The summed E-state index contributed by atoms with van der Waals surface area (Å²) in [5, 5.41) is 0. The summed E-state index contributed by atoms with van der Waals surface area (Å²) in [6.07, 6.45) is 4.99. The number of nitrogens with zero attached hydrogens (tertiary/aromatic N) is 1. The Balaban J connectivity index is 2.61. The molecular weight excluding hydrogens is 311 g/mol. The van der Waals surface area contributed by atoms with Crippen LogP contribution in [0.4, 0.5) is 13.2 Å². The molecule has 1 aliphatic rings. The number of pyridine rings is 1. The molecule has 2 rings (SSSR count). The van der Waals surface area contributed by atoms with E-state index in [4.69, 9.17) is 0 Å². The van der Waals surface area contributed by atoms with Crippen LogP contribution in [0.3, 0.4) is 0 Å². The van der Waals surface area contributed by atoms with E-state index in [1.807, 2.05) is 0 Å². The van der Waals surface area contributed by atoms with Crippen molar-refractivity contribution in [1.82, 2.24) is 4.57 Å². The third-order valence-electron chi connectivity index (χ3n) is 3.12. The van der Waals surface area contributed by atoms with E-state index in [9.17, 15) is 26.4 Å². The van der Waals surface area contributed by atoms with Crippen LogP contribution in [0.2, 0.25) is 0 Å². The molecule has 1 aromatic heterocycles. The molecule has 0 aromatic carbocycles. The third kappa shape index (κ3) is 2.97.